The van der Waals surface area contributed by atoms with E-state index in [4.69, 9.17) is 0 Å². The van der Waals surface area contributed by atoms with Crippen LogP contribution in [-0.4, -0.2) is 11.4 Å². The molecule has 0 bridgehead atoms. The van der Waals surface area contributed by atoms with Gasteiger partial charge in [-0.2, -0.15) is 0 Å². The summed E-state index contributed by atoms with van der Waals surface area (Å²) >= 11 is 0. The molecule has 0 atom stereocenters. The predicted molar refractivity (Wildman–Crippen MR) is 58.8 cm³/mol. The van der Waals surface area contributed by atoms with Crippen LogP contribution in [0.25, 0.3) is 11.1 Å². The van der Waals surface area contributed by atoms with Gasteiger partial charge in [0.15, 0.2) is 17.9 Å². The number of rotatable bonds is 2. The Labute approximate surface area is 96.1 Å². The van der Waals surface area contributed by atoms with Crippen molar-refractivity contribution < 1.29 is 18.7 Å². The van der Waals surface area contributed by atoms with Crippen molar-refractivity contribution in [3.8, 4) is 16.9 Å². The summed E-state index contributed by atoms with van der Waals surface area (Å²) in [4.78, 5) is 10.6. The zero-order valence-electron chi connectivity index (χ0n) is 8.65. The molecular formula is C13H8F2O2. The van der Waals surface area contributed by atoms with E-state index in [1.165, 1.54) is 30.3 Å². The van der Waals surface area contributed by atoms with Gasteiger partial charge in [0.2, 0.25) is 0 Å². The van der Waals surface area contributed by atoms with E-state index in [1.54, 1.807) is 0 Å². The molecule has 0 spiro atoms. The summed E-state index contributed by atoms with van der Waals surface area (Å²) in [5.41, 5.74) is 0.418. The van der Waals surface area contributed by atoms with Gasteiger partial charge in [-0.15, -0.1) is 0 Å². The summed E-state index contributed by atoms with van der Waals surface area (Å²) in [5, 5.41) is 9.31. The molecule has 2 rings (SSSR count). The number of phenolic OH excluding ortho intramolecular Hbond substituents is 1. The van der Waals surface area contributed by atoms with Crippen LogP contribution in [0.3, 0.4) is 0 Å². The first-order valence-electron chi connectivity index (χ1n) is 4.86. The zero-order valence-corrected chi connectivity index (χ0v) is 8.65. The predicted octanol–water partition coefficient (Wildman–Crippen LogP) is 3.15. The van der Waals surface area contributed by atoms with Crippen LogP contribution in [0.2, 0.25) is 0 Å². The first kappa shape index (κ1) is 11.3. The monoisotopic (exact) mass is 234 g/mol. The van der Waals surface area contributed by atoms with Crippen LogP contribution in [0.15, 0.2) is 36.4 Å². The normalized spacial score (nSPS) is 10.2. The fourth-order valence-electron chi connectivity index (χ4n) is 1.54. The molecule has 0 radical (unpaired) electrons. The summed E-state index contributed by atoms with van der Waals surface area (Å²) in [7, 11) is 0. The Bertz CT molecular complexity index is 580. The Balaban J connectivity index is 2.61. The van der Waals surface area contributed by atoms with E-state index < -0.39 is 11.6 Å². The Morgan fingerprint density at radius 2 is 1.88 bits per heavy atom. The van der Waals surface area contributed by atoms with Gasteiger partial charge in [-0.05, 0) is 23.8 Å². The quantitative estimate of drug-likeness (QED) is 0.810. The number of halogens is 2. The first-order chi connectivity index (χ1) is 8.13. The lowest BCUT2D eigenvalue weighted by atomic mass is 10.0. The lowest BCUT2D eigenvalue weighted by Gasteiger charge is -2.05. The third kappa shape index (κ3) is 2.01. The minimum Gasteiger partial charge on any atom is -0.507 e. The second-order valence-corrected chi connectivity index (χ2v) is 3.49. The first-order valence-corrected chi connectivity index (χ1v) is 4.86. The van der Waals surface area contributed by atoms with Crippen LogP contribution in [0, 0.1) is 11.6 Å². The Kier molecular flexibility index (Phi) is 2.87. The van der Waals surface area contributed by atoms with Crippen LogP contribution in [0.1, 0.15) is 10.4 Å². The highest BCUT2D eigenvalue weighted by Gasteiger charge is 2.11. The molecule has 0 fully saturated rings. The Hall–Kier alpha value is -2.23. The molecule has 1 N–H and O–H groups in total. The summed E-state index contributed by atoms with van der Waals surface area (Å²) in [6, 6.07) is 7.78. The van der Waals surface area contributed by atoms with E-state index in [9.17, 15) is 18.7 Å². The van der Waals surface area contributed by atoms with Crippen LogP contribution in [0.5, 0.6) is 5.75 Å². The van der Waals surface area contributed by atoms with Crippen LogP contribution < -0.4 is 0 Å². The highest BCUT2D eigenvalue weighted by molar-refractivity contribution is 5.82. The van der Waals surface area contributed by atoms with Gasteiger partial charge in [0.1, 0.15) is 5.75 Å². The van der Waals surface area contributed by atoms with Crippen molar-refractivity contribution in [1.29, 1.82) is 0 Å². The molecule has 0 saturated carbocycles. The standard InChI is InChI=1S/C13H8F2O2/c14-11-3-1-2-10(13(11)15)8-4-5-12(17)9(6-8)7-16/h1-7,17H. The third-order valence-corrected chi connectivity index (χ3v) is 2.42. The molecule has 2 aromatic carbocycles. The number of aromatic hydroxyl groups is 1. The maximum atomic E-state index is 13.5. The van der Waals surface area contributed by atoms with E-state index in [1.807, 2.05) is 0 Å². The number of aldehydes is 1. The van der Waals surface area contributed by atoms with Gasteiger partial charge >= 0.3 is 0 Å². The average molecular weight is 234 g/mol. The number of hydrogen-bond donors (Lipinski definition) is 1. The Morgan fingerprint density at radius 1 is 1.12 bits per heavy atom. The van der Waals surface area contributed by atoms with E-state index in [2.05, 4.69) is 0 Å². The minimum atomic E-state index is -0.977. The molecule has 0 aliphatic heterocycles. The molecule has 86 valence electrons. The van der Waals surface area contributed by atoms with Crippen LogP contribution >= 0.6 is 0 Å². The summed E-state index contributed by atoms with van der Waals surface area (Å²) < 4.78 is 26.5. The number of phenols is 1. The Morgan fingerprint density at radius 3 is 2.59 bits per heavy atom. The van der Waals surface area contributed by atoms with Gasteiger partial charge in [0.25, 0.3) is 0 Å². The second-order valence-electron chi connectivity index (χ2n) is 3.49. The number of carbonyl (C=O) groups is 1. The van der Waals surface area contributed by atoms with Gasteiger partial charge in [0.05, 0.1) is 5.56 Å². The van der Waals surface area contributed by atoms with Gasteiger partial charge in [-0.25, -0.2) is 8.78 Å². The molecule has 2 aromatic rings. The van der Waals surface area contributed by atoms with Gasteiger partial charge < -0.3 is 5.11 Å². The number of benzene rings is 2. The number of hydrogen-bond acceptors (Lipinski definition) is 2. The van der Waals surface area contributed by atoms with Crippen LogP contribution in [-0.2, 0) is 0 Å². The lowest BCUT2D eigenvalue weighted by Crippen LogP contribution is -1.90. The SMILES string of the molecule is O=Cc1cc(-c2cccc(F)c2F)ccc1O. The van der Waals surface area contributed by atoms with Crippen molar-refractivity contribution >= 4 is 6.29 Å². The number of carbonyl (C=O) groups excluding carboxylic acids is 1. The van der Waals surface area contributed by atoms with Gasteiger partial charge in [-0.3, -0.25) is 4.79 Å². The zero-order chi connectivity index (χ0) is 12.4. The molecule has 17 heavy (non-hydrogen) atoms. The molecule has 4 heteroatoms. The maximum Gasteiger partial charge on any atom is 0.166 e. The van der Waals surface area contributed by atoms with Crippen molar-refractivity contribution in [2.45, 2.75) is 0 Å². The van der Waals surface area contributed by atoms with Gasteiger partial charge in [-0.1, -0.05) is 18.2 Å². The van der Waals surface area contributed by atoms with Crippen molar-refractivity contribution in [3.63, 3.8) is 0 Å². The minimum absolute atomic E-state index is 0.0335. The topological polar surface area (TPSA) is 37.3 Å². The largest absolute Gasteiger partial charge is 0.507 e. The summed E-state index contributed by atoms with van der Waals surface area (Å²) in [6.45, 7) is 0. The second kappa shape index (κ2) is 4.33. The van der Waals surface area contributed by atoms with Crippen LogP contribution in [0.4, 0.5) is 8.78 Å². The highest BCUT2D eigenvalue weighted by atomic mass is 19.2. The van der Waals surface area contributed by atoms with E-state index in [-0.39, 0.29) is 16.9 Å². The summed E-state index contributed by atoms with van der Waals surface area (Å²) in [5.74, 6) is -2.13. The molecule has 0 saturated heterocycles. The maximum absolute atomic E-state index is 13.5. The third-order valence-electron chi connectivity index (χ3n) is 2.42. The van der Waals surface area contributed by atoms with E-state index in [0.717, 1.165) is 6.07 Å². The van der Waals surface area contributed by atoms with Crippen molar-refractivity contribution in [2.75, 3.05) is 0 Å². The molecule has 0 aliphatic carbocycles. The fourth-order valence-corrected chi connectivity index (χ4v) is 1.54. The molecule has 0 unspecified atom stereocenters. The van der Waals surface area contributed by atoms with Gasteiger partial charge in [0, 0.05) is 5.56 Å². The molecule has 2 nitrogen and oxygen atoms in total. The highest BCUT2D eigenvalue weighted by Crippen LogP contribution is 2.27. The molecular weight excluding hydrogens is 226 g/mol. The molecule has 0 amide bonds. The molecule has 0 aliphatic rings. The fraction of sp³-hybridized carbons (Fsp3) is 0. The average Bonchev–Trinajstić information content (AvgIpc) is 2.34. The van der Waals surface area contributed by atoms with Crippen molar-refractivity contribution in [2.24, 2.45) is 0 Å². The van der Waals surface area contributed by atoms with E-state index >= 15 is 0 Å². The molecule has 0 heterocycles. The van der Waals surface area contributed by atoms with E-state index in [0.29, 0.717) is 11.8 Å². The van der Waals surface area contributed by atoms with Crippen molar-refractivity contribution in [1.82, 2.24) is 0 Å². The van der Waals surface area contributed by atoms with Crippen molar-refractivity contribution in [3.05, 3.63) is 53.6 Å². The smallest absolute Gasteiger partial charge is 0.166 e. The molecule has 0 aromatic heterocycles. The summed E-state index contributed by atoms with van der Waals surface area (Å²) in [6.07, 6.45) is 0.454. The lowest BCUT2D eigenvalue weighted by molar-refractivity contribution is 0.112.